The van der Waals surface area contributed by atoms with Gasteiger partial charge in [-0.25, -0.2) is 0 Å². The standard InChI is InChI=1S/C10H20N2O/c1-8(2)7-12(4)10(13)5-9(3)6-11/h9H,1,5-7,11H2,2-4H3. The average molecular weight is 184 g/mol. The van der Waals surface area contributed by atoms with E-state index in [1.54, 1.807) is 11.9 Å². The Morgan fingerprint density at radius 1 is 1.62 bits per heavy atom. The Bertz CT molecular complexity index is 189. The van der Waals surface area contributed by atoms with Gasteiger partial charge in [-0.3, -0.25) is 4.79 Å². The van der Waals surface area contributed by atoms with E-state index < -0.39 is 0 Å². The fraction of sp³-hybridized carbons (Fsp3) is 0.700. The number of carbonyl (C=O) groups is 1. The summed E-state index contributed by atoms with van der Waals surface area (Å²) in [5.41, 5.74) is 6.43. The van der Waals surface area contributed by atoms with Crippen LogP contribution in [-0.4, -0.2) is 30.9 Å². The lowest BCUT2D eigenvalue weighted by Crippen LogP contribution is -2.30. The zero-order valence-corrected chi connectivity index (χ0v) is 8.84. The van der Waals surface area contributed by atoms with Crippen LogP contribution in [0.25, 0.3) is 0 Å². The van der Waals surface area contributed by atoms with Crippen LogP contribution in [0.4, 0.5) is 0 Å². The summed E-state index contributed by atoms with van der Waals surface area (Å²) in [7, 11) is 1.79. The van der Waals surface area contributed by atoms with E-state index in [1.165, 1.54) is 0 Å². The Labute approximate surface area is 80.6 Å². The molecule has 0 fully saturated rings. The number of rotatable bonds is 5. The predicted molar refractivity (Wildman–Crippen MR) is 55.3 cm³/mol. The molecule has 0 aliphatic carbocycles. The molecule has 3 nitrogen and oxygen atoms in total. The number of nitrogens with two attached hydrogens (primary N) is 1. The van der Waals surface area contributed by atoms with Gasteiger partial charge in [0.05, 0.1) is 0 Å². The van der Waals surface area contributed by atoms with Crippen LogP contribution in [-0.2, 0) is 4.79 Å². The largest absolute Gasteiger partial charge is 0.342 e. The van der Waals surface area contributed by atoms with E-state index in [0.717, 1.165) is 5.57 Å². The van der Waals surface area contributed by atoms with Crippen molar-refractivity contribution < 1.29 is 4.79 Å². The molecule has 0 heterocycles. The van der Waals surface area contributed by atoms with E-state index in [0.29, 0.717) is 19.5 Å². The molecular formula is C10H20N2O. The number of hydrogen-bond acceptors (Lipinski definition) is 2. The Morgan fingerprint density at radius 2 is 2.15 bits per heavy atom. The first-order valence-corrected chi connectivity index (χ1v) is 4.55. The van der Waals surface area contributed by atoms with Gasteiger partial charge in [0.1, 0.15) is 0 Å². The second-order valence-corrected chi connectivity index (χ2v) is 3.75. The van der Waals surface area contributed by atoms with Gasteiger partial charge in [-0.15, -0.1) is 0 Å². The monoisotopic (exact) mass is 184 g/mol. The van der Waals surface area contributed by atoms with Crippen molar-refractivity contribution in [1.29, 1.82) is 0 Å². The number of hydrogen-bond donors (Lipinski definition) is 1. The summed E-state index contributed by atoms with van der Waals surface area (Å²) in [6, 6.07) is 0. The van der Waals surface area contributed by atoms with Crippen LogP contribution in [0.1, 0.15) is 20.3 Å². The van der Waals surface area contributed by atoms with E-state index in [2.05, 4.69) is 6.58 Å². The van der Waals surface area contributed by atoms with Crippen molar-refractivity contribution in [2.24, 2.45) is 11.7 Å². The molecule has 0 saturated heterocycles. The van der Waals surface area contributed by atoms with E-state index in [4.69, 9.17) is 5.73 Å². The van der Waals surface area contributed by atoms with Gasteiger partial charge < -0.3 is 10.6 Å². The van der Waals surface area contributed by atoms with Gasteiger partial charge in [0, 0.05) is 20.0 Å². The van der Waals surface area contributed by atoms with Gasteiger partial charge in [0.2, 0.25) is 5.91 Å². The Kier molecular flexibility index (Phi) is 5.39. The molecule has 0 spiro atoms. The molecule has 0 aromatic heterocycles. The first-order chi connectivity index (χ1) is 5.97. The van der Waals surface area contributed by atoms with Gasteiger partial charge in [-0.05, 0) is 19.4 Å². The molecule has 0 aromatic rings. The number of likely N-dealkylation sites (N-methyl/N-ethyl adjacent to an activating group) is 1. The molecule has 1 unspecified atom stereocenters. The van der Waals surface area contributed by atoms with Crippen LogP contribution in [0.2, 0.25) is 0 Å². The number of amides is 1. The fourth-order valence-corrected chi connectivity index (χ4v) is 1.03. The number of nitrogens with zero attached hydrogens (tertiary/aromatic N) is 1. The van der Waals surface area contributed by atoms with Gasteiger partial charge in [-0.1, -0.05) is 19.1 Å². The molecule has 76 valence electrons. The molecule has 0 aliphatic heterocycles. The van der Waals surface area contributed by atoms with Crippen molar-refractivity contribution in [3.63, 3.8) is 0 Å². The Balaban J connectivity index is 3.89. The summed E-state index contributed by atoms with van der Waals surface area (Å²) in [6.45, 7) is 8.85. The first-order valence-electron chi connectivity index (χ1n) is 4.55. The van der Waals surface area contributed by atoms with E-state index >= 15 is 0 Å². The van der Waals surface area contributed by atoms with E-state index in [9.17, 15) is 4.79 Å². The Hall–Kier alpha value is -0.830. The quantitative estimate of drug-likeness (QED) is 0.648. The van der Waals surface area contributed by atoms with Crippen molar-refractivity contribution in [2.75, 3.05) is 20.1 Å². The predicted octanol–water partition coefficient (Wildman–Crippen LogP) is 1.01. The van der Waals surface area contributed by atoms with Crippen molar-refractivity contribution in [2.45, 2.75) is 20.3 Å². The third kappa shape index (κ3) is 5.42. The maximum Gasteiger partial charge on any atom is 0.222 e. The molecule has 13 heavy (non-hydrogen) atoms. The SMILES string of the molecule is C=C(C)CN(C)C(=O)CC(C)CN. The van der Waals surface area contributed by atoms with Crippen molar-refractivity contribution in [3.05, 3.63) is 12.2 Å². The lowest BCUT2D eigenvalue weighted by molar-refractivity contribution is -0.130. The van der Waals surface area contributed by atoms with Gasteiger partial charge in [0.25, 0.3) is 0 Å². The smallest absolute Gasteiger partial charge is 0.222 e. The van der Waals surface area contributed by atoms with Crippen LogP contribution in [0.5, 0.6) is 0 Å². The van der Waals surface area contributed by atoms with Crippen molar-refractivity contribution in [1.82, 2.24) is 4.90 Å². The van der Waals surface area contributed by atoms with Crippen LogP contribution >= 0.6 is 0 Å². The van der Waals surface area contributed by atoms with Gasteiger partial charge in [0.15, 0.2) is 0 Å². The second kappa shape index (κ2) is 5.75. The highest BCUT2D eigenvalue weighted by Gasteiger charge is 2.11. The van der Waals surface area contributed by atoms with Gasteiger partial charge in [-0.2, -0.15) is 0 Å². The van der Waals surface area contributed by atoms with Crippen LogP contribution in [0.15, 0.2) is 12.2 Å². The molecule has 0 aliphatic rings. The van der Waals surface area contributed by atoms with E-state index in [1.807, 2.05) is 13.8 Å². The zero-order chi connectivity index (χ0) is 10.4. The summed E-state index contributed by atoms with van der Waals surface area (Å²) in [4.78, 5) is 13.2. The highest BCUT2D eigenvalue weighted by molar-refractivity contribution is 5.76. The highest BCUT2D eigenvalue weighted by atomic mass is 16.2. The fourth-order valence-electron chi connectivity index (χ4n) is 1.03. The number of carbonyl (C=O) groups excluding carboxylic acids is 1. The lowest BCUT2D eigenvalue weighted by Gasteiger charge is -2.18. The summed E-state index contributed by atoms with van der Waals surface area (Å²) >= 11 is 0. The topological polar surface area (TPSA) is 46.3 Å². The second-order valence-electron chi connectivity index (χ2n) is 3.75. The molecule has 1 atom stereocenters. The lowest BCUT2D eigenvalue weighted by atomic mass is 10.1. The van der Waals surface area contributed by atoms with E-state index in [-0.39, 0.29) is 11.8 Å². The maximum absolute atomic E-state index is 11.5. The normalized spacial score (nSPS) is 12.3. The third-order valence-electron chi connectivity index (χ3n) is 1.86. The molecular weight excluding hydrogens is 164 g/mol. The Morgan fingerprint density at radius 3 is 2.54 bits per heavy atom. The summed E-state index contributed by atoms with van der Waals surface area (Å²) in [5.74, 6) is 0.404. The molecule has 0 radical (unpaired) electrons. The summed E-state index contributed by atoms with van der Waals surface area (Å²) in [6.07, 6.45) is 0.528. The minimum absolute atomic E-state index is 0.140. The molecule has 0 rings (SSSR count). The third-order valence-corrected chi connectivity index (χ3v) is 1.86. The van der Waals surface area contributed by atoms with Gasteiger partial charge >= 0.3 is 0 Å². The molecule has 0 bridgehead atoms. The first kappa shape index (κ1) is 12.2. The molecule has 0 aromatic carbocycles. The average Bonchev–Trinajstić information content (AvgIpc) is 2.02. The molecule has 0 saturated carbocycles. The summed E-state index contributed by atoms with van der Waals surface area (Å²) in [5, 5.41) is 0. The zero-order valence-electron chi connectivity index (χ0n) is 8.84. The van der Waals surface area contributed by atoms with Crippen LogP contribution in [0.3, 0.4) is 0 Å². The van der Waals surface area contributed by atoms with Crippen molar-refractivity contribution in [3.8, 4) is 0 Å². The molecule has 3 heteroatoms. The summed E-state index contributed by atoms with van der Waals surface area (Å²) < 4.78 is 0. The van der Waals surface area contributed by atoms with Crippen LogP contribution in [0, 0.1) is 5.92 Å². The minimum atomic E-state index is 0.140. The highest BCUT2D eigenvalue weighted by Crippen LogP contribution is 2.03. The molecule has 1 amide bonds. The van der Waals surface area contributed by atoms with Crippen LogP contribution < -0.4 is 5.73 Å². The molecule has 2 N–H and O–H groups in total. The minimum Gasteiger partial charge on any atom is -0.342 e. The van der Waals surface area contributed by atoms with Crippen molar-refractivity contribution >= 4 is 5.91 Å². The maximum atomic E-state index is 11.5.